The lowest BCUT2D eigenvalue weighted by Gasteiger charge is -2.26. The van der Waals surface area contributed by atoms with Gasteiger partial charge in [-0.05, 0) is 37.9 Å². The molecule has 2 aliphatic rings. The van der Waals surface area contributed by atoms with Crippen molar-refractivity contribution in [3.8, 4) is 5.88 Å². The number of H-pyrrole nitrogens is 1. The highest BCUT2D eigenvalue weighted by Crippen LogP contribution is 2.31. The molecule has 0 spiro atoms. The molecule has 2 fully saturated rings. The van der Waals surface area contributed by atoms with Crippen molar-refractivity contribution in [2.45, 2.75) is 75.9 Å². The maximum absolute atomic E-state index is 12.2. The van der Waals surface area contributed by atoms with Crippen LogP contribution in [0.2, 0.25) is 0 Å². The molecule has 0 saturated heterocycles. The zero-order chi connectivity index (χ0) is 17.1. The molecule has 2 atom stereocenters. The first-order valence-corrected chi connectivity index (χ1v) is 9.35. The van der Waals surface area contributed by atoms with Crippen LogP contribution in [-0.4, -0.2) is 33.0 Å². The second-order valence-corrected chi connectivity index (χ2v) is 7.34. The Hall–Kier alpha value is -1.47. The zero-order valence-electron chi connectivity index (χ0n) is 13.9. The van der Waals surface area contributed by atoms with E-state index in [1.807, 2.05) is 0 Å². The molecule has 1 aromatic rings. The summed E-state index contributed by atoms with van der Waals surface area (Å²) in [6, 6.07) is 0.191. The zero-order valence-corrected chi connectivity index (χ0v) is 14.7. The minimum absolute atomic E-state index is 0.0175. The van der Waals surface area contributed by atoms with Crippen LogP contribution in [0.4, 0.5) is 0 Å². The lowest BCUT2D eigenvalue weighted by Crippen LogP contribution is -2.36. The van der Waals surface area contributed by atoms with E-state index in [4.69, 9.17) is 18.0 Å². The molecule has 4 N–H and O–H groups in total. The van der Waals surface area contributed by atoms with E-state index in [9.17, 15) is 9.90 Å². The van der Waals surface area contributed by atoms with Gasteiger partial charge in [0.1, 0.15) is 5.56 Å². The summed E-state index contributed by atoms with van der Waals surface area (Å²) < 4.78 is 1.98. The Morgan fingerprint density at radius 2 is 1.83 bits per heavy atom. The molecule has 0 aliphatic heterocycles. The van der Waals surface area contributed by atoms with Gasteiger partial charge in [0.15, 0.2) is 4.77 Å². The Bertz CT molecular complexity index is 718. The van der Waals surface area contributed by atoms with Gasteiger partial charge in [-0.3, -0.25) is 19.3 Å². The molecule has 132 valence electrons. The van der Waals surface area contributed by atoms with Crippen LogP contribution in [0.15, 0.2) is 9.79 Å². The van der Waals surface area contributed by atoms with Crippen molar-refractivity contribution in [2.24, 2.45) is 10.7 Å². The van der Waals surface area contributed by atoms with Gasteiger partial charge in [0, 0.05) is 18.3 Å². The number of hydrogen-bond donors (Lipinski definition) is 3. The number of nitrogens with one attached hydrogen (secondary N) is 1. The molecule has 24 heavy (non-hydrogen) atoms. The highest BCUT2D eigenvalue weighted by atomic mass is 32.1. The van der Waals surface area contributed by atoms with Gasteiger partial charge in [-0.25, -0.2) is 0 Å². The fourth-order valence-corrected chi connectivity index (χ4v) is 4.17. The van der Waals surface area contributed by atoms with Crippen molar-refractivity contribution >= 4 is 18.4 Å². The smallest absolute Gasteiger partial charge is 0.264 e. The number of aromatic nitrogens is 2. The fourth-order valence-electron chi connectivity index (χ4n) is 3.84. The lowest BCUT2D eigenvalue weighted by molar-refractivity contribution is 0.302. The van der Waals surface area contributed by atoms with Crippen LogP contribution in [0.1, 0.15) is 69.4 Å². The van der Waals surface area contributed by atoms with Gasteiger partial charge in [0.25, 0.3) is 5.56 Å². The molecule has 0 unspecified atom stereocenters. The maximum Gasteiger partial charge on any atom is 0.264 e. The van der Waals surface area contributed by atoms with Crippen molar-refractivity contribution in [3.63, 3.8) is 0 Å². The van der Waals surface area contributed by atoms with Crippen LogP contribution in [0.25, 0.3) is 0 Å². The minimum Gasteiger partial charge on any atom is -0.494 e. The fraction of sp³-hybridized carbons (Fsp3) is 0.706. The molecule has 2 saturated carbocycles. The van der Waals surface area contributed by atoms with E-state index in [1.54, 1.807) is 4.57 Å². The molecule has 3 rings (SSSR count). The van der Waals surface area contributed by atoms with E-state index in [1.165, 1.54) is 12.6 Å². The number of nitrogens with zero attached hydrogens (tertiary/aromatic N) is 2. The molecule has 0 radical (unpaired) electrons. The molecule has 2 aliphatic carbocycles. The highest BCUT2D eigenvalue weighted by Gasteiger charge is 2.23. The van der Waals surface area contributed by atoms with Gasteiger partial charge in [-0.1, -0.05) is 32.1 Å². The number of aromatic amines is 1. The third-order valence-electron chi connectivity index (χ3n) is 5.27. The van der Waals surface area contributed by atoms with Crippen molar-refractivity contribution in [3.05, 3.63) is 20.7 Å². The normalized spacial score (nSPS) is 26.0. The van der Waals surface area contributed by atoms with E-state index in [0.29, 0.717) is 0 Å². The Morgan fingerprint density at radius 3 is 2.54 bits per heavy atom. The molecule has 0 amide bonds. The Labute approximate surface area is 146 Å². The highest BCUT2D eigenvalue weighted by molar-refractivity contribution is 7.71. The summed E-state index contributed by atoms with van der Waals surface area (Å²) in [6.45, 7) is 0. The first-order valence-electron chi connectivity index (χ1n) is 8.94. The Kier molecular flexibility index (Phi) is 5.50. The van der Waals surface area contributed by atoms with Gasteiger partial charge >= 0.3 is 0 Å². The standard InChI is InChI=1S/C17H26N4O2S/c18-13-8-4-5-9-14(13)19-10-12-15(22)20-17(24)21(16(12)23)11-6-2-1-3-7-11/h10-11,13-14,23H,1-9,18H2,(H,20,22,24)/t13-,14+/m1/s1. The number of rotatable bonds is 3. The van der Waals surface area contributed by atoms with Crippen LogP contribution in [-0.2, 0) is 0 Å². The monoisotopic (exact) mass is 350 g/mol. The van der Waals surface area contributed by atoms with Crippen molar-refractivity contribution in [2.75, 3.05) is 0 Å². The molecule has 7 heteroatoms. The summed E-state index contributed by atoms with van der Waals surface area (Å²) in [6.07, 6.45) is 11.0. The Balaban J connectivity index is 1.92. The molecule has 0 bridgehead atoms. The number of nitrogens with two attached hydrogens (primary N) is 1. The van der Waals surface area contributed by atoms with E-state index < -0.39 is 5.56 Å². The topological polar surface area (TPSA) is 96.4 Å². The number of hydrogen-bond acceptors (Lipinski definition) is 5. The third-order valence-corrected chi connectivity index (χ3v) is 5.57. The van der Waals surface area contributed by atoms with Gasteiger partial charge in [-0.15, -0.1) is 0 Å². The number of aromatic hydroxyl groups is 1. The molecule has 0 aromatic carbocycles. The summed E-state index contributed by atoms with van der Waals surface area (Å²) >= 11 is 5.28. The van der Waals surface area contributed by atoms with Crippen molar-refractivity contribution < 1.29 is 5.11 Å². The average Bonchev–Trinajstić information content (AvgIpc) is 2.57. The van der Waals surface area contributed by atoms with Gasteiger partial charge < -0.3 is 10.8 Å². The maximum atomic E-state index is 12.2. The first-order chi connectivity index (χ1) is 11.6. The van der Waals surface area contributed by atoms with E-state index in [2.05, 4.69) is 9.98 Å². The van der Waals surface area contributed by atoms with Gasteiger partial charge in [0.2, 0.25) is 5.88 Å². The van der Waals surface area contributed by atoms with Crippen molar-refractivity contribution in [1.29, 1.82) is 0 Å². The van der Waals surface area contributed by atoms with Gasteiger partial charge in [0.05, 0.1) is 6.04 Å². The minimum atomic E-state index is -0.391. The summed E-state index contributed by atoms with van der Waals surface area (Å²) in [5, 5.41) is 10.7. The van der Waals surface area contributed by atoms with Gasteiger partial charge in [-0.2, -0.15) is 0 Å². The predicted octanol–water partition coefficient (Wildman–Crippen LogP) is 2.81. The second kappa shape index (κ2) is 7.61. The molecular weight excluding hydrogens is 324 g/mol. The average molecular weight is 350 g/mol. The summed E-state index contributed by atoms with van der Waals surface area (Å²) in [5.74, 6) is -0.0659. The second-order valence-electron chi connectivity index (χ2n) is 6.95. The number of aliphatic imine (C=N–C) groups is 1. The van der Waals surface area contributed by atoms with Crippen LogP contribution in [0.3, 0.4) is 0 Å². The largest absolute Gasteiger partial charge is 0.494 e. The summed E-state index contributed by atoms with van der Waals surface area (Å²) in [7, 11) is 0. The summed E-state index contributed by atoms with van der Waals surface area (Å²) in [5.41, 5.74) is 5.90. The molecule has 1 heterocycles. The molecule has 6 nitrogen and oxygen atoms in total. The van der Waals surface area contributed by atoms with Crippen molar-refractivity contribution in [1.82, 2.24) is 9.55 Å². The van der Waals surface area contributed by atoms with Crippen LogP contribution >= 0.6 is 12.2 Å². The van der Waals surface area contributed by atoms with Crippen LogP contribution < -0.4 is 11.3 Å². The lowest BCUT2D eigenvalue weighted by atomic mass is 9.91. The van der Waals surface area contributed by atoms with E-state index >= 15 is 0 Å². The van der Waals surface area contributed by atoms with E-state index in [-0.39, 0.29) is 34.3 Å². The SMILES string of the molecule is N[C@@H]1CCCC[C@@H]1N=Cc1c(O)n(C2CCCCC2)c(=S)[nH]c1=O. The quantitative estimate of drug-likeness (QED) is 0.577. The molecular formula is C17H26N4O2S. The van der Waals surface area contributed by atoms with Crippen LogP contribution in [0.5, 0.6) is 5.88 Å². The Morgan fingerprint density at radius 1 is 1.17 bits per heavy atom. The van der Waals surface area contributed by atoms with Crippen LogP contribution in [0, 0.1) is 4.77 Å². The van der Waals surface area contributed by atoms with E-state index in [0.717, 1.165) is 51.4 Å². The third kappa shape index (κ3) is 3.62. The summed E-state index contributed by atoms with van der Waals surface area (Å²) in [4.78, 5) is 19.4. The first kappa shape index (κ1) is 17.4. The predicted molar refractivity (Wildman–Crippen MR) is 97.5 cm³/mol. The molecule has 1 aromatic heterocycles.